The van der Waals surface area contributed by atoms with Crippen molar-refractivity contribution in [2.45, 2.75) is 65.2 Å². The molecule has 0 bridgehead atoms. The van der Waals surface area contributed by atoms with Crippen LogP contribution in [0.25, 0.3) is 11.6 Å². The van der Waals surface area contributed by atoms with Crippen LogP contribution >= 0.6 is 0 Å². The van der Waals surface area contributed by atoms with E-state index in [1.807, 2.05) is 36.4 Å². The van der Waals surface area contributed by atoms with Gasteiger partial charge in [-0.1, -0.05) is 76.1 Å². The fraction of sp³-hybridized carbons (Fsp3) is 0.464. The van der Waals surface area contributed by atoms with E-state index in [4.69, 9.17) is 9.47 Å². The van der Waals surface area contributed by atoms with Crippen LogP contribution in [0.1, 0.15) is 86.7 Å². The van der Waals surface area contributed by atoms with E-state index in [0.717, 1.165) is 35.5 Å². The van der Waals surface area contributed by atoms with Gasteiger partial charge in [-0.2, -0.15) is 0 Å². The van der Waals surface area contributed by atoms with Crippen LogP contribution in [0.4, 0.5) is 0 Å². The maximum atomic E-state index is 12.0. The highest BCUT2D eigenvalue weighted by molar-refractivity contribution is 5.92. The highest BCUT2D eigenvalue weighted by atomic mass is 16.5. The van der Waals surface area contributed by atoms with Gasteiger partial charge in [-0.25, -0.2) is 4.79 Å². The Morgan fingerprint density at radius 3 is 2.19 bits per heavy atom. The number of benzene rings is 2. The van der Waals surface area contributed by atoms with Gasteiger partial charge in [0.2, 0.25) is 0 Å². The van der Waals surface area contributed by atoms with Crippen molar-refractivity contribution in [3.63, 3.8) is 0 Å². The number of rotatable bonds is 15. The summed E-state index contributed by atoms with van der Waals surface area (Å²) in [5.41, 5.74) is 2.99. The smallest absolute Gasteiger partial charge is 0.338 e. The second-order valence-corrected chi connectivity index (χ2v) is 8.02. The third kappa shape index (κ3) is 9.27. The molecule has 4 nitrogen and oxygen atoms in total. The molecule has 0 saturated heterocycles. The van der Waals surface area contributed by atoms with Crippen molar-refractivity contribution >= 4 is 17.6 Å². The molecule has 174 valence electrons. The first-order chi connectivity index (χ1) is 15.7. The number of aliphatic hydroxyl groups excluding tert-OH is 1. The summed E-state index contributed by atoms with van der Waals surface area (Å²) in [5.74, 6) is 0.504. The number of carbonyl (C=O) groups is 1. The molecule has 0 spiro atoms. The first kappa shape index (κ1) is 25.7. The molecule has 0 amide bonds. The molecule has 2 aromatic rings. The lowest BCUT2D eigenvalue weighted by Crippen LogP contribution is -2.05. The zero-order valence-electron chi connectivity index (χ0n) is 19.6. The first-order valence-electron chi connectivity index (χ1n) is 12.0. The molecule has 32 heavy (non-hydrogen) atoms. The normalized spacial score (nSPS) is 11.4. The Balaban J connectivity index is 1.85. The number of hydrogen-bond acceptors (Lipinski definition) is 4. The molecule has 0 aliphatic rings. The second kappa shape index (κ2) is 15.3. The molecule has 0 radical (unpaired) electrons. The average molecular weight is 439 g/mol. The summed E-state index contributed by atoms with van der Waals surface area (Å²) in [6.07, 6.45) is 12.2. The Morgan fingerprint density at radius 2 is 1.53 bits per heavy atom. The molecule has 2 aromatic carbocycles. The van der Waals surface area contributed by atoms with E-state index in [9.17, 15) is 9.90 Å². The summed E-state index contributed by atoms with van der Waals surface area (Å²) in [6.45, 7) is 4.98. The number of esters is 1. The van der Waals surface area contributed by atoms with Gasteiger partial charge in [0.25, 0.3) is 0 Å². The van der Waals surface area contributed by atoms with Gasteiger partial charge in [0, 0.05) is 0 Å². The maximum absolute atomic E-state index is 12.0. The zero-order chi connectivity index (χ0) is 23.0. The Bertz CT molecular complexity index is 824. The summed E-state index contributed by atoms with van der Waals surface area (Å²) in [4.78, 5) is 12.0. The van der Waals surface area contributed by atoms with Crippen molar-refractivity contribution in [1.82, 2.24) is 0 Å². The third-order valence-corrected chi connectivity index (χ3v) is 5.40. The Kier molecular flexibility index (Phi) is 12.2. The van der Waals surface area contributed by atoms with Crippen molar-refractivity contribution in [2.24, 2.45) is 0 Å². The molecule has 4 heteroatoms. The average Bonchev–Trinajstić information content (AvgIpc) is 2.82. The van der Waals surface area contributed by atoms with Crippen LogP contribution in [0.5, 0.6) is 5.75 Å². The quantitative estimate of drug-likeness (QED) is 0.186. The molecule has 0 heterocycles. The first-order valence-corrected chi connectivity index (χ1v) is 12.0. The van der Waals surface area contributed by atoms with Crippen LogP contribution in [0.2, 0.25) is 0 Å². The minimum absolute atomic E-state index is 0.122. The molecular formula is C28H38O4. The highest BCUT2D eigenvalue weighted by Gasteiger charge is 2.09. The van der Waals surface area contributed by atoms with Crippen LogP contribution in [0, 0.1) is 0 Å². The van der Waals surface area contributed by atoms with Crippen molar-refractivity contribution in [3.8, 4) is 5.75 Å². The molecule has 0 aliphatic heterocycles. The molecular weight excluding hydrogens is 400 g/mol. The predicted octanol–water partition coefficient (Wildman–Crippen LogP) is 6.92. The summed E-state index contributed by atoms with van der Waals surface area (Å²) in [6, 6.07) is 15.0. The third-order valence-electron chi connectivity index (χ3n) is 5.40. The van der Waals surface area contributed by atoms with Crippen LogP contribution < -0.4 is 4.74 Å². The lowest BCUT2D eigenvalue weighted by atomic mass is 10.0. The number of ether oxygens (including phenoxy) is 2. The summed E-state index contributed by atoms with van der Waals surface area (Å²) in [5, 5.41) is 9.87. The van der Waals surface area contributed by atoms with E-state index in [0.29, 0.717) is 12.2 Å². The van der Waals surface area contributed by atoms with Crippen molar-refractivity contribution < 1.29 is 19.4 Å². The van der Waals surface area contributed by atoms with E-state index in [1.54, 1.807) is 25.1 Å². The van der Waals surface area contributed by atoms with Gasteiger partial charge in [0.15, 0.2) is 0 Å². The predicted molar refractivity (Wildman–Crippen MR) is 132 cm³/mol. The fourth-order valence-corrected chi connectivity index (χ4v) is 3.57. The van der Waals surface area contributed by atoms with E-state index in [-0.39, 0.29) is 12.6 Å². The van der Waals surface area contributed by atoms with Crippen LogP contribution in [0.3, 0.4) is 0 Å². The van der Waals surface area contributed by atoms with Gasteiger partial charge in [-0.05, 0) is 60.4 Å². The number of carbonyl (C=O) groups excluding carboxylic acids is 1. The van der Waals surface area contributed by atoms with Gasteiger partial charge in [-0.3, -0.25) is 0 Å². The summed E-state index contributed by atoms with van der Waals surface area (Å²) >= 11 is 0. The van der Waals surface area contributed by atoms with Gasteiger partial charge in [0.1, 0.15) is 5.75 Å². The topological polar surface area (TPSA) is 55.8 Å². The van der Waals surface area contributed by atoms with Gasteiger partial charge < -0.3 is 14.6 Å². The zero-order valence-corrected chi connectivity index (χ0v) is 19.6. The number of hydrogen-bond donors (Lipinski definition) is 1. The minimum Gasteiger partial charge on any atom is -0.494 e. The second-order valence-electron chi connectivity index (χ2n) is 8.02. The van der Waals surface area contributed by atoms with E-state index in [2.05, 4.69) is 6.92 Å². The monoisotopic (exact) mass is 438 g/mol. The van der Waals surface area contributed by atoms with Crippen molar-refractivity contribution in [1.29, 1.82) is 0 Å². The molecule has 2 rings (SSSR count). The van der Waals surface area contributed by atoms with Crippen LogP contribution in [-0.4, -0.2) is 30.9 Å². The van der Waals surface area contributed by atoms with Gasteiger partial charge >= 0.3 is 5.97 Å². The molecule has 0 atom stereocenters. The molecule has 0 saturated carbocycles. The summed E-state index contributed by atoms with van der Waals surface area (Å²) in [7, 11) is 0. The largest absolute Gasteiger partial charge is 0.494 e. The standard InChI is InChI=1S/C28H38O4/c1-3-5-6-7-8-9-10-11-19-32-27-17-15-23(16-18-27)20-26(22-29)24-13-12-14-25(21-24)28(30)31-4-2/h12-18,20-21,29H,3-11,19,22H2,1-2H3. The lowest BCUT2D eigenvalue weighted by molar-refractivity contribution is 0.0526. The van der Waals surface area contributed by atoms with Gasteiger partial charge in [0.05, 0.1) is 25.4 Å². The van der Waals surface area contributed by atoms with Crippen molar-refractivity contribution in [3.05, 3.63) is 65.2 Å². The Hall–Kier alpha value is -2.59. The molecule has 0 unspecified atom stereocenters. The maximum Gasteiger partial charge on any atom is 0.338 e. The van der Waals surface area contributed by atoms with E-state index in [1.165, 1.54) is 44.9 Å². The minimum atomic E-state index is -0.357. The molecule has 0 fully saturated rings. The van der Waals surface area contributed by atoms with E-state index >= 15 is 0 Å². The molecule has 1 N–H and O–H groups in total. The Morgan fingerprint density at radius 1 is 0.875 bits per heavy atom. The highest BCUT2D eigenvalue weighted by Crippen LogP contribution is 2.21. The van der Waals surface area contributed by atoms with E-state index < -0.39 is 0 Å². The number of aliphatic hydroxyl groups is 1. The Labute approximate surface area is 193 Å². The van der Waals surface area contributed by atoms with Crippen molar-refractivity contribution in [2.75, 3.05) is 19.8 Å². The summed E-state index contributed by atoms with van der Waals surface area (Å²) < 4.78 is 10.9. The fourth-order valence-electron chi connectivity index (χ4n) is 3.57. The lowest BCUT2D eigenvalue weighted by Gasteiger charge is -2.09. The molecule has 0 aliphatic carbocycles. The van der Waals surface area contributed by atoms with Crippen LogP contribution in [0.15, 0.2) is 48.5 Å². The van der Waals surface area contributed by atoms with Gasteiger partial charge in [-0.15, -0.1) is 0 Å². The number of unbranched alkanes of at least 4 members (excludes halogenated alkanes) is 7. The van der Waals surface area contributed by atoms with Crippen LogP contribution in [-0.2, 0) is 4.74 Å². The molecule has 0 aromatic heterocycles. The SMILES string of the molecule is CCCCCCCCCCOc1ccc(C=C(CO)c2cccc(C(=O)OCC)c2)cc1.